The first-order chi connectivity index (χ1) is 7.36. The van der Waals surface area contributed by atoms with E-state index in [1.807, 2.05) is 13.8 Å². The highest BCUT2D eigenvalue weighted by atomic mass is 16.4. The van der Waals surface area contributed by atoms with E-state index >= 15 is 0 Å². The zero-order chi connectivity index (χ0) is 12.7. The minimum absolute atomic E-state index is 0.177. The number of nitrogens with one attached hydrogen (secondary N) is 1. The number of carbonyl (C=O) groups is 2. The quantitative estimate of drug-likeness (QED) is 0.464. The number of amides is 1. The minimum Gasteiger partial charge on any atom is -0.481 e. The molecule has 5 N–H and O–H groups in total. The summed E-state index contributed by atoms with van der Waals surface area (Å²) in [7, 11) is 0. The number of carboxylic acid groups (broad SMARTS) is 1. The average molecular weight is 232 g/mol. The first-order valence-electron chi connectivity index (χ1n) is 5.25. The highest BCUT2D eigenvalue weighted by Crippen LogP contribution is 2.04. The van der Waals surface area contributed by atoms with Crippen molar-refractivity contribution in [3.05, 3.63) is 0 Å². The molecule has 0 saturated heterocycles. The van der Waals surface area contributed by atoms with Gasteiger partial charge < -0.3 is 21.3 Å². The smallest absolute Gasteiger partial charge is 0.305 e. The number of hydrogen-bond donors (Lipinski definition) is 4. The maximum atomic E-state index is 11.4. The van der Waals surface area contributed by atoms with Gasteiger partial charge in [-0.3, -0.25) is 9.59 Å². The van der Waals surface area contributed by atoms with Crippen molar-refractivity contribution < 1.29 is 19.8 Å². The van der Waals surface area contributed by atoms with Crippen molar-refractivity contribution in [1.82, 2.24) is 5.32 Å². The van der Waals surface area contributed by atoms with Gasteiger partial charge in [-0.15, -0.1) is 0 Å². The molecule has 94 valence electrons. The van der Waals surface area contributed by atoms with Crippen molar-refractivity contribution in [2.24, 2.45) is 11.7 Å². The lowest BCUT2D eigenvalue weighted by Crippen LogP contribution is -2.47. The predicted octanol–water partition coefficient (Wildman–Crippen LogP) is -0.688. The zero-order valence-corrected chi connectivity index (χ0v) is 9.64. The van der Waals surface area contributed by atoms with Crippen LogP contribution in [0, 0.1) is 5.92 Å². The molecule has 0 aromatic rings. The molecule has 16 heavy (non-hydrogen) atoms. The molecule has 2 atom stereocenters. The van der Waals surface area contributed by atoms with Crippen LogP contribution in [0.3, 0.4) is 0 Å². The van der Waals surface area contributed by atoms with Gasteiger partial charge in [0.1, 0.15) is 0 Å². The van der Waals surface area contributed by atoms with Crippen LogP contribution in [0.5, 0.6) is 0 Å². The summed E-state index contributed by atoms with van der Waals surface area (Å²) >= 11 is 0. The van der Waals surface area contributed by atoms with Crippen molar-refractivity contribution in [3.8, 4) is 0 Å². The second kappa shape index (κ2) is 7.19. The Labute approximate surface area is 94.8 Å². The Kier molecular flexibility index (Phi) is 6.67. The zero-order valence-electron chi connectivity index (χ0n) is 9.64. The molecule has 0 saturated carbocycles. The number of aliphatic carboxylic acids is 1. The number of aliphatic hydroxyl groups excluding tert-OH is 1. The Balaban J connectivity index is 4.13. The van der Waals surface area contributed by atoms with Crippen LogP contribution in [0.2, 0.25) is 0 Å². The van der Waals surface area contributed by atoms with Crippen molar-refractivity contribution >= 4 is 11.9 Å². The molecule has 0 aromatic carbocycles. The summed E-state index contributed by atoms with van der Waals surface area (Å²) in [4.78, 5) is 21.8. The molecule has 0 spiro atoms. The Morgan fingerprint density at radius 2 is 1.94 bits per heavy atom. The first kappa shape index (κ1) is 14.9. The number of aliphatic hydroxyl groups is 1. The van der Waals surface area contributed by atoms with Gasteiger partial charge in [0.25, 0.3) is 0 Å². The highest BCUT2D eigenvalue weighted by molar-refractivity contribution is 5.86. The van der Waals surface area contributed by atoms with E-state index in [1.54, 1.807) is 0 Å². The molecule has 6 nitrogen and oxygen atoms in total. The van der Waals surface area contributed by atoms with E-state index in [1.165, 1.54) is 0 Å². The van der Waals surface area contributed by atoms with Crippen LogP contribution < -0.4 is 11.1 Å². The van der Waals surface area contributed by atoms with Crippen LogP contribution in [-0.4, -0.2) is 40.8 Å². The molecule has 0 aliphatic rings. The maximum Gasteiger partial charge on any atom is 0.305 e. The largest absolute Gasteiger partial charge is 0.481 e. The molecule has 0 aromatic heterocycles. The van der Waals surface area contributed by atoms with E-state index in [0.717, 1.165) is 0 Å². The molecular weight excluding hydrogens is 212 g/mol. The third-order valence-corrected chi connectivity index (χ3v) is 2.05. The lowest BCUT2D eigenvalue weighted by atomic mass is 10.0. The third kappa shape index (κ3) is 6.36. The Morgan fingerprint density at radius 1 is 1.38 bits per heavy atom. The first-order valence-corrected chi connectivity index (χ1v) is 5.25. The van der Waals surface area contributed by atoms with Gasteiger partial charge in [0, 0.05) is 0 Å². The molecule has 0 unspecified atom stereocenters. The third-order valence-electron chi connectivity index (χ3n) is 2.05. The van der Waals surface area contributed by atoms with E-state index in [0.29, 0.717) is 12.3 Å². The fourth-order valence-electron chi connectivity index (χ4n) is 1.34. The number of nitrogens with two attached hydrogens (primary N) is 1. The molecule has 6 heteroatoms. The Morgan fingerprint density at radius 3 is 2.31 bits per heavy atom. The molecule has 0 bridgehead atoms. The number of carbonyl (C=O) groups excluding carboxylic acids is 1. The van der Waals surface area contributed by atoms with Gasteiger partial charge in [0.15, 0.2) is 0 Å². The average Bonchev–Trinajstić information content (AvgIpc) is 2.14. The maximum absolute atomic E-state index is 11.4. The van der Waals surface area contributed by atoms with Crippen molar-refractivity contribution in [2.45, 2.75) is 38.8 Å². The van der Waals surface area contributed by atoms with Gasteiger partial charge in [-0.2, -0.15) is 0 Å². The molecule has 1 amide bonds. The van der Waals surface area contributed by atoms with Crippen LogP contribution in [0.4, 0.5) is 0 Å². The topological polar surface area (TPSA) is 113 Å². The lowest BCUT2D eigenvalue weighted by Gasteiger charge is -2.20. The van der Waals surface area contributed by atoms with Gasteiger partial charge >= 0.3 is 5.97 Å². The SMILES string of the molecule is CC(C)C[C@@H](CO)NC(=O)[C@@H](N)CC(=O)O. The number of hydrogen-bond acceptors (Lipinski definition) is 4. The van der Waals surface area contributed by atoms with E-state index in [9.17, 15) is 9.59 Å². The fraction of sp³-hybridized carbons (Fsp3) is 0.800. The number of rotatable bonds is 7. The molecule has 0 fully saturated rings. The summed E-state index contributed by atoms with van der Waals surface area (Å²) in [5, 5.41) is 20.0. The van der Waals surface area contributed by atoms with Crippen molar-refractivity contribution in [1.29, 1.82) is 0 Å². The van der Waals surface area contributed by atoms with Crippen LogP contribution in [0.1, 0.15) is 26.7 Å². The standard InChI is InChI=1S/C10H20N2O4/c1-6(2)3-7(5-13)12-10(16)8(11)4-9(14)15/h6-8,13H,3-5,11H2,1-2H3,(H,12,16)(H,14,15)/t7-,8-/m0/s1. The molecule has 0 heterocycles. The molecule has 0 aliphatic heterocycles. The molecule has 0 aliphatic carbocycles. The Bertz CT molecular complexity index is 243. The summed E-state index contributed by atoms with van der Waals surface area (Å²) in [5.74, 6) is -1.33. The highest BCUT2D eigenvalue weighted by Gasteiger charge is 2.20. The van der Waals surface area contributed by atoms with Gasteiger partial charge in [-0.25, -0.2) is 0 Å². The van der Waals surface area contributed by atoms with Gasteiger partial charge in [0.2, 0.25) is 5.91 Å². The van der Waals surface area contributed by atoms with Crippen molar-refractivity contribution in [2.75, 3.05) is 6.61 Å². The van der Waals surface area contributed by atoms with Crippen LogP contribution >= 0.6 is 0 Å². The summed E-state index contributed by atoms with van der Waals surface area (Å²) in [5.41, 5.74) is 5.38. The van der Waals surface area contributed by atoms with Gasteiger partial charge in [0.05, 0.1) is 25.1 Å². The Hall–Kier alpha value is -1.14. The summed E-state index contributed by atoms with van der Waals surface area (Å²) in [6.07, 6.45) is 0.216. The lowest BCUT2D eigenvalue weighted by molar-refractivity contribution is -0.139. The van der Waals surface area contributed by atoms with Crippen LogP contribution in [0.15, 0.2) is 0 Å². The van der Waals surface area contributed by atoms with Gasteiger partial charge in [-0.05, 0) is 12.3 Å². The van der Waals surface area contributed by atoms with Gasteiger partial charge in [-0.1, -0.05) is 13.8 Å². The molecule has 0 rings (SSSR count). The minimum atomic E-state index is -1.12. The van der Waals surface area contributed by atoms with Crippen molar-refractivity contribution in [3.63, 3.8) is 0 Å². The molecule has 0 radical (unpaired) electrons. The summed E-state index contributed by atoms with van der Waals surface area (Å²) in [6, 6.07) is -1.44. The predicted molar refractivity (Wildman–Crippen MR) is 58.7 cm³/mol. The molecular formula is C10H20N2O4. The normalized spacial score (nSPS) is 14.6. The second-order valence-corrected chi connectivity index (χ2v) is 4.22. The number of carboxylic acids is 1. The van der Waals surface area contributed by atoms with E-state index < -0.39 is 24.3 Å². The summed E-state index contributed by atoms with van der Waals surface area (Å²) in [6.45, 7) is 3.75. The van der Waals surface area contributed by atoms with E-state index in [4.69, 9.17) is 15.9 Å². The second-order valence-electron chi connectivity index (χ2n) is 4.22. The van der Waals surface area contributed by atoms with Crippen LogP contribution in [-0.2, 0) is 9.59 Å². The summed E-state index contributed by atoms with van der Waals surface area (Å²) < 4.78 is 0. The van der Waals surface area contributed by atoms with Crippen LogP contribution in [0.25, 0.3) is 0 Å². The fourth-order valence-corrected chi connectivity index (χ4v) is 1.34. The monoisotopic (exact) mass is 232 g/mol. The van der Waals surface area contributed by atoms with E-state index in [-0.39, 0.29) is 12.6 Å². The van der Waals surface area contributed by atoms with E-state index in [2.05, 4.69) is 5.32 Å².